The van der Waals surface area contributed by atoms with E-state index in [2.05, 4.69) is 15.3 Å². The third kappa shape index (κ3) is 4.00. The number of nitrogens with zero attached hydrogens (tertiary/aromatic N) is 3. The Kier molecular flexibility index (Phi) is 4.87. The molecule has 0 bridgehead atoms. The molecule has 6 nitrogen and oxygen atoms in total. The second kappa shape index (κ2) is 7.26. The molecule has 2 aromatic heterocycles. The fraction of sp³-hybridized carbons (Fsp3) is 0.118. The zero-order valence-electron chi connectivity index (χ0n) is 13.3. The number of halogens is 3. The number of ether oxygens (including phenoxy) is 1. The molecule has 0 saturated heterocycles. The number of anilines is 2. The van der Waals surface area contributed by atoms with Gasteiger partial charge in [-0.05, 0) is 24.3 Å². The molecule has 0 spiro atoms. The summed E-state index contributed by atoms with van der Waals surface area (Å²) in [5, 5.41) is 2.57. The van der Waals surface area contributed by atoms with E-state index in [1.807, 2.05) is 0 Å². The van der Waals surface area contributed by atoms with Crippen molar-refractivity contribution in [1.29, 1.82) is 0 Å². The van der Waals surface area contributed by atoms with Crippen molar-refractivity contribution < 1.29 is 22.7 Å². The molecule has 134 valence electrons. The maximum Gasteiger partial charge on any atom is 0.418 e. The van der Waals surface area contributed by atoms with E-state index in [-0.39, 0.29) is 23.8 Å². The predicted octanol–water partition coefficient (Wildman–Crippen LogP) is 3.86. The zero-order valence-corrected chi connectivity index (χ0v) is 13.3. The topological polar surface area (TPSA) is 69.0 Å². The van der Waals surface area contributed by atoms with Gasteiger partial charge in [-0.15, -0.1) is 0 Å². The first-order chi connectivity index (χ1) is 12.4. The molecule has 0 atom stereocenters. The zero-order chi connectivity index (χ0) is 18.6. The Balaban J connectivity index is 1.83. The number of hydrogen-bond donors (Lipinski definition) is 1. The van der Waals surface area contributed by atoms with E-state index in [4.69, 9.17) is 4.74 Å². The molecule has 0 saturated carbocycles. The first kappa shape index (κ1) is 17.5. The van der Waals surface area contributed by atoms with E-state index < -0.39 is 17.7 Å². The minimum Gasteiger partial charge on any atom is -0.440 e. The highest BCUT2D eigenvalue weighted by Gasteiger charge is 2.33. The van der Waals surface area contributed by atoms with Crippen molar-refractivity contribution in [3.63, 3.8) is 0 Å². The first-order valence-corrected chi connectivity index (χ1v) is 7.46. The smallest absolute Gasteiger partial charge is 0.418 e. The SMILES string of the molecule is O=C(OCn1ccnc1)c1cccnc1Nc1ccccc1C(F)(F)F. The molecule has 3 rings (SSSR count). The summed E-state index contributed by atoms with van der Waals surface area (Å²) in [6.45, 7) is -0.0771. The molecule has 0 amide bonds. The lowest BCUT2D eigenvalue weighted by atomic mass is 10.1. The lowest BCUT2D eigenvalue weighted by Crippen LogP contribution is -2.13. The van der Waals surface area contributed by atoms with Gasteiger partial charge >= 0.3 is 12.1 Å². The summed E-state index contributed by atoms with van der Waals surface area (Å²) in [5.74, 6) is -0.751. The van der Waals surface area contributed by atoms with Crippen molar-refractivity contribution in [3.8, 4) is 0 Å². The van der Waals surface area contributed by atoms with E-state index in [0.717, 1.165) is 6.07 Å². The average Bonchev–Trinajstić information content (AvgIpc) is 3.13. The Morgan fingerprint density at radius 3 is 2.69 bits per heavy atom. The van der Waals surface area contributed by atoms with Gasteiger partial charge in [0.25, 0.3) is 0 Å². The molecule has 0 unspecified atom stereocenters. The molecule has 1 N–H and O–H groups in total. The highest BCUT2D eigenvalue weighted by molar-refractivity contribution is 5.95. The van der Waals surface area contributed by atoms with Gasteiger partial charge in [-0.1, -0.05) is 12.1 Å². The van der Waals surface area contributed by atoms with Gasteiger partial charge in [0.05, 0.1) is 17.6 Å². The van der Waals surface area contributed by atoms with Crippen LogP contribution in [0.2, 0.25) is 0 Å². The molecule has 3 aromatic rings. The Hall–Kier alpha value is -3.36. The normalized spacial score (nSPS) is 11.2. The largest absolute Gasteiger partial charge is 0.440 e. The molecular weight excluding hydrogens is 349 g/mol. The second-order valence-electron chi connectivity index (χ2n) is 5.21. The van der Waals surface area contributed by atoms with Gasteiger partial charge in [0.15, 0.2) is 6.73 Å². The van der Waals surface area contributed by atoms with Crippen molar-refractivity contribution in [3.05, 3.63) is 72.4 Å². The molecule has 26 heavy (non-hydrogen) atoms. The minimum absolute atomic E-state index is 0.0181. The molecule has 0 aliphatic rings. The molecule has 9 heteroatoms. The van der Waals surface area contributed by atoms with Crippen LogP contribution in [0.15, 0.2) is 61.3 Å². The van der Waals surface area contributed by atoms with Gasteiger partial charge in [0.1, 0.15) is 11.4 Å². The third-order valence-corrected chi connectivity index (χ3v) is 3.42. The van der Waals surface area contributed by atoms with Crippen LogP contribution in [0.5, 0.6) is 0 Å². The molecular formula is C17H13F3N4O2. The van der Waals surface area contributed by atoms with Gasteiger partial charge in [-0.2, -0.15) is 13.2 Å². The van der Waals surface area contributed by atoms with Crippen LogP contribution >= 0.6 is 0 Å². The summed E-state index contributed by atoms with van der Waals surface area (Å²) in [6, 6.07) is 7.86. The van der Waals surface area contributed by atoms with Gasteiger partial charge in [-0.25, -0.2) is 14.8 Å². The van der Waals surface area contributed by atoms with E-state index in [9.17, 15) is 18.0 Å². The maximum atomic E-state index is 13.1. The number of alkyl halides is 3. The predicted molar refractivity (Wildman–Crippen MR) is 86.6 cm³/mol. The Bertz CT molecular complexity index is 895. The number of benzene rings is 1. The number of imidazole rings is 1. The van der Waals surface area contributed by atoms with Crippen LogP contribution in [0.4, 0.5) is 24.7 Å². The van der Waals surface area contributed by atoms with Crippen LogP contribution < -0.4 is 5.32 Å². The highest BCUT2D eigenvalue weighted by Crippen LogP contribution is 2.36. The monoisotopic (exact) mass is 362 g/mol. The number of carbonyl (C=O) groups is 1. The second-order valence-corrected chi connectivity index (χ2v) is 5.21. The van der Waals surface area contributed by atoms with Crippen molar-refractivity contribution in [2.75, 3.05) is 5.32 Å². The fourth-order valence-corrected chi connectivity index (χ4v) is 2.21. The van der Waals surface area contributed by atoms with Crippen LogP contribution in [0, 0.1) is 0 Å². The number of hydrogen-bond acceptors (Lipinski definition) is 5. The van der Waals surface area contributed by atoms with E-state index in [0.29, 0.717) is 0 Å². The molecule has 0 aliphatic heterocycles. The van der Waals surface area contributed by atoms with Crippen LogP contribution in [-0.2, 0) is 17.6 Å². The van der Waals surface area contributed by atoms with E-state index >= 15 is 0 Å². The van der Waals surface area contributed by atoms with Crippen LogP contribution in [-0.4, -0.2) is 20.5 Å². The van der Waals surface area contributed by atoms with Crippen molar-refractivity contribution in [2.24, 2.45) is 0 Å². The number of aromatic nitrogens is 3. The van der Waals surface area contributed by atoms with E-state index in [1.54, 1.807) is 6.20 Å². The number of carbonyl (C=O) groups excluding carboxylic acids is 1. The van der Waals surface area contributed by atoms with Gasteiger partial charge in [0.2, 0.25) is 0 Å². The van der Waals surface area contributed by atoms with Crippen LogP contribution in [0.25, 0.3) is 0 Å². The minimum atomic E-state index is -4.54. The number of nitrogens with one attached hydrogen (secondary N) is 1. The van der Waals surface area contributed by atoms with E-state index in [1.165, 1.54) is 53.6 Å². The number of pyridine rings is 1. The highest BCUT2D eigenvalue weighted by atomic mass is 19.4. The Labute approximate surface area is 146 Å². The van der Waals surface area contributed by atoms with Crippen LogP contribution in [0.3, 0.4) is 0 Å². The standard InChI is InChI=1S/C17H13F3N4O2/c18-17(19,20)13-5-1-2-6-14(13)23-15-12(4-3-7-22-15)16(25)26-11-24-9-8-21-10-24/h1-10H,11H2,(H,22,23). The third-order valence-electron chi connectivity index (χ3n) is 3.42. The van der Waals surface area contributed by atoms with Gasteiger partial charge in [-0.3, -0.25) is 0 Å². The van der Waals surface area contributed by atoms with Crippen molar-refractivity contribution in [2.45, 2.75) is 12.9 Å². The maximum absolute atomic E-state index is 13.1. The van der Waals surface area contributed by atoms with Crippen LogP contribution in [0.1, 0.15) is 15.9 Å². The molecule has 0 aliphatic carbocycles. The quantitative estimate of drug-likeness (QED) is 0.698. The summed E-state index contributed by atoms with van der Waals surface area (Å²) in [5.41, 5.74) is -1.05. The van der Waals surface area contributed by atoms with Crippen molar-refractivity contribution in [1.82, 2.24) is 14.5 Å². The summed E-state index contributed by atoms with van der Waals surface area (Å²) >= 11 is 0. The first-order valence-electron chi connectivity index (χ1n) is 7.46. The molecule has 1 aromatic carbocycles. The molecule has 0 fully saturated rings. The summed E-state index contributed by atoms with van der Waals surface area (Å²) in [6.07, 6.45) is 1.43. The summed E-state index contributed by atoms with van der Waals surface area (Å²) < 4.78 is 46.0. The Morgan fingerprint density at radius 1 is 1.15 bits per heavy atom. The summed E-state index contributed by atoms with van der Waals surface area (Å²) in [4.78, 5) is 20.1. The molecule has 2 heterocycles. The average molecular weight is 362 g/mol. The summed E-state index contributed by atoms with van der Waals surface area (Å²) in [7, 11) is 0. The fourth-order valence-electron chi connectivity index (χ4n) is 2.21. The van der Waals surface area contributed by atoms with Gasteiger partial charge in [0, 0.05) is 18.6 Å². The lowest BCUT2D eigenvalue weighted by Gasteiger charge is -2.15. The molecule has 0 radical (unpaired) electrons. The Morgan fingerprint density at radius 2 is 1.96 bits per heavy atom. The van der Waals surface area contributed by atoms with Gasteiger partial charge < -0.3 is 14.6 Å². The number of esters is 1. The number of para-hydroxylation sites is 1. The van der Waals surface area contributed by atoms with Crippen molar-refractivity contribution >= 4 is 17.5 Å². The number of rotatable bonds is 5. The lowest BCUT2D eigenvalue weighted by molar-refractivity contribution is -0.136.